The van der Waals surface area contributed by atoms with Gasteiger partial charge in [0.1, 0.15) is 5.76 Å². The Morgan fingerprint density at radius 1 is 1.36 bits per heavy atom. The van der Waals surface area contributed by atoms with Crippen LogP contribution in [-0.4, -0.2) is 12.9 Å². The molecule has 80 valence electrons. The van der Waals surface area contributed by atoms with E-state index in [1.165, 1.54) is 14.0 Å². The topological polar surface area (TPSA) is 26.3 Å². The van der Waals surface area contributed by atoms with Crippen molar-refractivity contribution in [2.24, 2.45) is 0 Å². The van der Waals surface area contributed by atoms with Crippen molar-refractivity contribution in [1.82, 2.24) is 0 Å². The van der Waals surface area contributed by atoms with E-state index in [-0.39, 0.29) is 5.78 Å². The first-order chi connectivity index (χ1) is 6.67. The second-order valence-corrected chi connectivity index (χ2v) is 2.23. The van der Waals surface area contributed by atoms with Crippen LogP contribution in [0.25, 0.3) is 0 Å². The van der Waals surface area contributed by atoms with Gasteiger partial charge in [-0.3, -0.25) is 4.79 Å². The van der Waals surface area contributed by atoms with Gasteiger partial charge in [-0.05, 0) is 26.0 Å². The van der Waals surface area contributed by atoms with Crippen LogP contribution >= 0.6 is 0 Å². The fourth-order valence-corrected chi connectivity index (χ4v) is 0.874. The van der Waals surface area contributed by atoms with Gasteiger partial charge in [0, 0.05) is 0 Å². The highest BCUT2D eigenvalue weighted by atomic mass is 16.5. The maximum atomic E-state index is 11.1. The van der Waals surface area contributed by atoms with Crippen molar-refractivity contribution in [2.75, 3.05) is 7.11 Å². The summed E-state index contributed by atoms with van der Waals surface area (Å²) >= 11 is 0. The Balaban J connectivity index is 0. The maximum absolute atomic E-state index is 11.1. The molecule has 14 heavy (non-hydrogen) atoms. The van der Waals surface area contributed by atoms with E-state index in [2.05, 4.69) is 6.58 Å². The van der Waals surface area contributed by atoms with Crippen molar-refractivity contribution in [3.05, 3.63) is 36.1 Å². The number of carbonyl (C=O) groups is 1. The fourth-order valence-electron chi connectivity index (χ4n) is 0.874. The monoisotopic (exact) mass is 196 g/mol. The Bertz CT molecular complexity index is 235. The normalized spacial score (nSPS) is 11.2. The molecule has 0 saturated carbocycles. The minimum atomic E-state index is -0.0233. The van der Waals surface area contributed by atoms with Crippen LogP contribution in [0.1, 0.15) is 27.7 Å². The first-order valence-corrected chi connectivity index (χ1v) is 4.71. The molecule has 0 amide bonds. The average molecular weight is 196 g/mol. The van der Waals surface area contributed by atoms with Gasteiger partial charge < -0.3 is 4.74 Å². The standard InChI is InChI=1S/C10H14O2.C2H6/c1-5-7-9(8(3)11)10(6-2)12-4;1-2/h5-7H,1H2,2-4H3;1-2H3/b9-7-,10-6+;. The lowest BCUT2D eigenvalue weighted by Gasteiger charge is -2.05. The highest BCUT2D eigenvalue weighted by Crippen LogP contribution is 2.11. The first kappa shape index (κ1) is 15.2. The molecule has 0 saturated heterocycles. The number of carbonyl (C=O) groups excluding carboxylic acids is 1. The molecule has 0 rings (SSSR count). The summed E-state index contributed by atoms with van der Waals surface area (Å²) in [4.78, 5) is 11.1. The molecule has 0 aromatic heterocycles. The second kappa shape index (κ2) is 9.78. The van der Waals surface area contributed by atoms with E-state index in [4.69, 9.17) is 4.74 Å². The third-order valence-electron chi connectivity index (χ3n) is 1.41. The quantitative estimate of drug-likeness (QED) is 0.392. The van der Waals surface area contributed by atoms with Crippen molar-refractivity contribution >= 4 is 5.78 Å². The summed E-state index contributed by atoms with van der Waals surface area (Å²) in [5.41, 5.74) is 0.551. The number of ketones is 1. The highest BCUT2D eigenvalue weighted by molar-refractivity contribution is 5.97. The fraction of sp³-hybridized carbons (Fsp3) is 0.417. The number of hydrogen-bond acceptors (Lipinski definition) is 2. The van der Waals surface area contributed by atoms with Crippen LogP contribution in [0.3, 0.4) is 0 Å². The third-order valence-corrected chi connectivity index (χ3v) is 1.41. The van der Waals surface area contributed by atoms with Gasteiger partial charge in [-0.25, -0.2) is 0 Å². The zero-order valence-electron chi connectivity index (χ0n) is 9.76. The Labute approximate surface area is 87.0 Å². The van der Waals surface area contributed by atoms with Crippen LogP contribution in [0.2, 0.25) is 0 Å². The molecule has 0 spiro atoms. The summed E-state index contributed by atoms with van der Waals surface area (Å²) in [6.07, 6.45) is 4.96. The summed E-state index contributed by atoms with van der Waals surface area (Å²) < 4.78 is 5.00. The molecule has 0 unspecified atom stereocenters. The van der Waals surface area contributed by atoms with Gasteiger partial charge in [0.15, 0.2) is 5.78 Å². The van der Waals surface area contributed by atoms with Gasteiger partial charge in [-0.15, -0.1) is 0 Å². The van der Waals surface area contributed by atoms with Crippen molar-refractivity contribution in [3.63, 3.8) is 0 Å². The van der Waals surface area contributed by atoms with Crippen LogP contribution in [-0.2, 0) is 9.53 Å². The van der Waals surface area contributed by atoms with Crippen molar-refractivity contribution in [3.8, 4) is 0 Å². The number of ether oxygens (including phenoxy) is 1. The van der Waals surface area contributed by atoms with Crippen LogP contribution < -0.4 is 0 Å². The maximum Gasteiger partial charge on any atom is 0.163 e. The van der Waals surface area contributed by atoms with Gasteiger partial charge in [0.25, 0.3) is 0 Å². The van der Waals surface area contributed by atoms with E-state index in [1.54, 1.807) is 18.2 Å². The van der Waals surface area contributed by atoms with E-state index in [1.807, 2.05) is 20.8 Å². The predicted molar refractivity (Wildman–Crippen MR) is 61.1 cm³/mol. The molecule has 0 aliphatic rings. The molecule has 0 aromatic carbocycles. The predicted octanol–water partition coefficient (Wildman–Crippen LogP) is 3.26. The Hall–Kier alpha value is -1.31. The van der Waals surface area contributed by atoms with E-state index in [9.17, 15) is 4.79 Å². The molecule has 0 aromatic rings. The summed E-state index contributed by atoms with van der Waals surface area (Å²) in [5, 5.41) is 0. The molecule has 0 radical (unpaired) electrons. The largest absolute Gasteiger partial charge is 0.496 e. The van der Waals surface area contributed by atoms with Gasteiger partial charge in [-0.2, -0.15) is 0 Å². The average Bonchev–Trinajstić information content (AvgIpc) is 2.21. The number of allylic oxidation sites excluding steroid dienone is 4. The SMILES string of the molecule is C=C/C=C(C(C)=O)\C(=C/C)OC.CC. The van der Waals surface area contributed by atoms with E-state index in [0.29, 0.717) is 11.3 Å². The summed E-state index contributed by atoms with van der Waals surface area (Å²) in [5.74, 6) is 0.562. The third kappa shape index (κ3) is 5.36. The van der Waals surface area contributed by atoms with Crippen LogP contribution in [0.15, 0.2) is 36.1 Å². The van der Waals surface area contributed by atoms with Gasteiger partial charge in [0.05, 0.1) is 12.7 Å². The molecule has 0 atom stereocenters. The lowest BCUT2D eigenvalue weighted by Crippen LogP contribution is -2.01. The summed E-state index contributed by atoms with van der Waals surface area (Å²) in [6, 6.07) is 0. The lowest BCUT2D eigenvalue weighted by molar-refractivity contribution is -0.113. The molecule has 0 N–H and O–H groups in total. The lowest BCUT2D eigenvalue weighted by atomic mass is 10.1. The molecular weight excluding hydrogens is 176 g/mol. The van der Waals surface area contributed by atoms with Gasteiger partial charge in [0.2, 0.25) is 0 Å². The molecular formula is C12H20O2. The minimum absolute atomic E-state index is 0.0233. The smallest absolute Gasteiger partial charge is 0.163 e. The molecule has 2 nitrogen and oxygen atoms in total. The molecule has 0 heterocycles. The molecule has 0 fully saturated rings. The van der Waals surface area contributed by atoms with E-state index < -0.39 is 0 Å². The molecule has 0 aliphatic carbocycles. The molecule has 2 heteroatoms. The number of rotatable bonds is 4. The number of Topliss-reactive ketones (excluding diaryl/α,β-unsaturated/α-hetero) is 1. The first-order valence-electron chi connectivity index (χ1n) is 4.71. The Kier molecular flexibility index (Phi) is 10.6. The van der Waals surface area contributed by atoms with Crippen LogP contribution in [0.5, 0.6) is 0 Å². The minimum Gasteiger partial charge on any atom is -0.496 e. The molecule has 0 bridgehead atoms. The zero-order valence-corrected chi connectivity index (χ0v) is 9.76. The van der Waals surface area contributed by atoms with Gasteiger partial charge >= 0.3 is 0 Å². The van der Waals surface area contributed by atoms with Crippen molar-refractivity contribution in [1.29, 1.82) is 0 Å². The molecule has 0 aliphatic heterocycles. The van der Waals surface area contributed by atoms with Crippen LogP contribution in [0.4, 0.5) is 0 Å². The second-order valence-electron chi connectivity index (χ2n) is 2.23. The highest BCUT2D eigenvalue weighted by Gasteiger charge is 2.07. The Morgan fingerprint density at radius 2 is 1.86 bits per heavy atom. The summed E-state index contributed by atoms with van der Waals surface area (Å²) in [6.45, 7) is 10.8. The van der Waals surface area contributed by atoms with Crippen LogP contribution in [0, 0.1) is 0 Å². The van der Waals surface area contributed by atoms with Crippen molar-refractivity contribution in [2.45, 2.75) is 27.7 Å². The Morgan fingerprint density at radius 3 is 2.07 bits per heavy atom. The van der Waals surface area contributed by atoms with E-state index in [0.717, 1.165) is 0 Å². The van der Waals surface area contributed by atoms with Gasteiger partial charge in [-0.1, -0.05) is 26.5 Å². The number of hydrogen-bond donors (Lipinski definition) is 0. The zero-order chi connectivity index (χ0) is 11.6. The summed E-state index contributed by atoms with van der Waals surface area (Å²) in [7, 11) is 1.54. The van der Waals surface area contributed by atoms with Crippen molar-refractivity contribution < 1.29 is 9.53 Å². The van der Waals surface area contributed by atoms with E-state index >= 15 is 0 Å². The number of methoxy groups -OCH3 is 1.